The van der Waals surface area contributed by atoms with Gasteiger partial charge in [0.1, 0.15) is 0 Å². The van der Waals surface area contributed by atoms with Crippen LogP contribution in [0.25, 0.3) is 5.70 Å². The van der Waals surface area contributed by atoms with E-state index in [1.165, 1.54) is 11.8 Å². The van der Waals surface area contributed by atoms with Crippen molar-refractivity contribution in [2.45, 2.75) is 19.4 Å². The van der Waals surface area contributed by atoms with E-state index in [0.29, 0.717) is 32.5 Å². The molecule has 0 amide bonds. The van der Waals surface area contributed by atoms with Gasteiger partial charge in [0, 0.05) is 17.0 Å². The van der Waals surface area contributed by atoms with Gasteiger partial charge in [-0.25, -0.2) is 4.99 Å². The maximum atomic E-state index is 11.9. The molecule has 9 heteroatoms. The summed E-state index contributed by atoms with van der Waals surface area (Å²) in [6.45, 7) is 1.76. The molecule has 2 aromatic carbocycles. The Morgan fingerprint density at radius 3 is 2.33 bits per heavy atom. The van der Waals surface area contributed by atoms with Gasteiger partial charge in [0.2, 0.25) is 5.75 Å². The molecule has 2 aliphatic heterocycles. The fourth-order valence-electron chi connectivity index (χ4n) is 3.53. The number of amidine groups is 1. The van der Waals surface area contributed by atoms with Crippen molar-refractivity contribution in [2.75, 3.05) is 21.3 Å². The third kappa shape index (κ3) is 4.67. The molecule has 0 aliphatic carbocycles. The maximum Gasteiger partial charge on any atom is 0.311 e. The number of rotatable bonds is 7. The zero-order valence-electron chi connectivity index (χ0n) is 18.6. The van der Waals surface area contributed by atoms with E-state index < -0.39 is 0 Å². The van der Waals surface area contributed by atoms with Crippen LogP contribution in [0.3, 0.4) is 0 Å². The van der Waals surface area contributed by atoms with Crippen LogP contribution in [0.1, 0.15) is 30.5 Å². The Morgan fingerprint density at radius 2 is 1.76 bits per heavy atom. The molecule has 1 atom stereocenters. The smallest absolute Gasteiger partial charge is 0.311 e. The number of nitrogens with zero attached hydrogens (tertiary/aromatic N) is 2. The monoisotopic (exact) mass is 486 g/mol. The lowest BCUT2D eigenvalue weighted by molar-refractivity contribution is -0.138. The highest BCUT2D eigenvalue weighted by molar-refractivity contribution is 8.17. The van der Waals surface area contributed by atoms with E-state index in [1.54, 1.807) is 34.5 Å². The molecule has 2 aliphatic rings. The summed E-state index contributed by atoms with van der Waals surface area (Å²) >= 11 is 7.38. The lowest BCUT2D eigenvalue weighted by Crippen LogP contribution is -2.27. The Morgan fingerprint density at radius 1 is 1.09 bits per heavy atom. The Kier molecular flexibility index (Phi) is 6.85. The van der Waals surface area contributed by atoms with E-state index in [9.17, 15) is 4.79 Å². The number of carbonyl (C=O) groups excluding carboxylic acids is 1. The van der Waals surface area contributed by atoms with Crippen LogP contribution in [0.15, 0.2) is 58.8 Å². The van der Waals surface area contributed by atoms with Gasteiger partial charge >= 0.3 is 5.97 Å². The summed E-state index contributed by atoms with van der Waals surface area (Å²) in [4.78, 5) is 18.6. The van der Waals surface area contributed by atoms with E-state index in [2.05, 4.69) is 0 Å². The van der Waals surface area contributed by atoms with Crippen LogP contribution in [0.5, 0.6) is 17.2 Å². The topological polar surface area (TPSA) is 69.6 Å². The number of fused-ring (bicyclic) bond motifs is 1. The summed E-state index contributed by atoms with van der Waals surface area (Å²) in [6.07, 6.45) is 4.12. The van der Waals surface area contributed by atoms with Gasteiger partial charge in [-0.15, -0.1) is 0 Å². The molecule has 33 heavy (non-hydrogen) atoms. The second-order valence-corrected chi connectivity index (χ2v) is 8.55. The van der Waals surface area contributed by atoms with E-state index in [4.69, 9.17) is 35.5 Å². The SMILES string of the molecule is CCC(=O)OC1=CN2C(=NC(c3ccc(Cl)cc3)=CC2c2cc(OC)c(OC)c(OC)c2)S1. The van der Waals surface area contributed by atoms with Gasteiger partial charge in [-0.3, -0.25) is 4.79 Å². The summed E-state index contributed by atoms with van der Waals surface area (Å²) in [6, 6.07) is 11.0. The molecule has 0 spiro atoms. The van der Waals surface area contributed by atoms with Crippen molar-refractivity contribution in [3.8, 4) is 17.2 Å². The number of hydrogen-bond acceptors (Lipinski definition) is 8. The Bertz CT molecular complexity index is 1130. The Balaban J connectivity index is 1.81. The standard InChI is InChI=1S/C24H23ClN2O5S/c1-5-21(28)32-22-13-27-18(15-10-19(29-2)23(31-4)20(11-15)30-3)12-17(26-24(27)33-22)14-6-8-16(25)9-7-14/h6-13,18H,5H2,1-4H3. The number of methoxy groups -OCH3 is 3. The van der Waals surface area contributed by atoms with E-state index in [-0.39, 0.29) is 18.4 Å². The second-order valence-electron chi connectivity index (χ2n) is 7.14. The highest BCUT2D eigenvalue weighted by Gasteiger charge is 2.34. The summed E-state index contributed by atoms with van der Waals surface area (Å²) < 4.78 is 22.1. The van der Waals surface area contributed by atoms with Crippen LogP contribution in [0.4, 0.5) is 0 Å². The first-order chi connectivity index (χ1) is 16.0. The molecule has 7 nitrogen and oxygen atoms in total. The number of carbonyl (C=O) groups is 1. The second kappa shape index (κ2) is 9.80. The van der Waals surface area contributed by atoms with Crippen molar-refractivity contribution >= 4 is 40.2 Å². The zero-order chi connectivity index (χ0) is 23.5. The normalized spacial score (nSPS) is 16.9. The third-order valence-electron chi connectivity index (χ3n) is 5.16. The van der Waals surface area contributed by atoms with Gasteiger partial charge < -0.3 is 23.8 Å². The average Bonchev–Trinajstić information content (AvgIpc) is 3.24. The minimum Gasteiger partial charge on any atom is -0.493 e. The van der Waals surface area contributed by atoms with Gasteiger partial charge in [-0.1, -0.05) is 30.7 Å². The van der Waals surface area contributed by atoms with E-state index in [0.717, 1.165) is 16.8 Å². The number of benzene rings is 2. The highest BCUT2D eigenvalue weighted by Crippen LogP contribution is 2.46. The molecule has 0 fully saturated rings. The largest absolute Gasteiger partial charge is 0.493 e. The lowest BCUT2D eigenvalue weighted by atomic mass is 10.00. The number of ether oxygens (including phenoxy) is 4. The van der Waals surface area contributed by atoms with Crippen LogP contribution in [0.2, 0.25) is 5.02 Å². The lowest BCUT2D eigenvalue weighted by Gasteiger charge is -2.30. The van der Waals surface area contributed by atoms with Crippen molar-refractivity contribution in [1.29, 1.82) is 0 Å². The number of esters is 1. The number of aliphatic imine (C=N–C) groups is 1. The van der Waals surface area contributed by atoms with Crippen LogP contribution >= 0.6 is 23.4 Å². The van der Waals surface area contributed by atoms with Crippen LogP contribution < -0.4 is 14.2 Å². The molecule has 1 unspecified atom stereocenters. The van der Waals surface area contributed by atoms with Crippen molar-refractivity contribution in [1.82, 2.24) is 4.90 Å². The predicted octanol–water partition coefficient (Wildman–Crippen LogP) is 5.62. The number of thioether (sulfide) groups is 1. The van der Waals surface area contributed by atoms with Crippen LogP contribution in [0, 0.1) is 0 Å². The predicted molar refractivity (Wildman–Crippen MR) is 130 cm³/mol. The fraction of sp³-hybridized carbons (Fsp3) is 0.250. The van der Waals surface area contributed by atoms with E-state index >= 15 is 0 Å². The minimum absolute atomic E-state index is 0.262. The molecular formula is C24H23ClN2O5S. The van der Waals surface area contributed by atoms with Crippen molar-refractivity contribution < 1.29 is 23.7 Å². The quantitative estimate of drug-likeness (QED) is 0.470. The van der Waals surface area contributed by atoms with E-state index in [1.807, 2.05) is 47.4 Å². The fourth-order valence-corrected chi connectivity index (χ4v) is 4.55. The third-order valence-corrected chi connectivity index (χ3v) is 6.29. The molecule has 0 saturated heterocycles. The van der Waals surface area contributed by atoms with Gasteiger partial charge in [0.05, 0.1) is 39.3 Å². The molecule has 4 rings (SSSR count). The van der Waals surface area contributed by atoms with Crippen molar-refractivity contribution in [3.05, 3.63) is 69.9 Å². The summed E-state index contributed by atoms with van der Waals surface area (Å²) in [5, 5.41) is 1.82. The van der Waals surface area contributed by atoms with Gasteiger partial charge in [0.15, 0.2) is 21.8 Å². The molecule has 2 aromatic rings. The van der Waals surface area contributed by atoms with Gasteiger partial charge in [0.25, 0.3) is 0 Å². The average molecular weight is 487 g/mol. The van der Waals surface area contributed by atoms with Crippen LogP contribution in [-0.2, 0) is 9.53 Å². The van der Waals surface area contributed by atoms with Gasteiger partial charge in [-0.05, 0) is 47.7 Å². The van der Waals surface area contributed by atoms with Crippen molar-refractivity contribution in [2.24, 2.45) is 4.99 Å². The molecule has 2 heterocycles. The molecule has 0 saturated carbocycles. The van der Waals surface area contributed by atoms with Crippen LogP contribution in [-0.4, -0.2) is 37.4 Å². The number of halogens is 1. The molecule has 0 radical (unpaired) electrons. The zero-order valence-corrected chi connectivity index (χ0v) is 20.2. The first-order valence-corrected chi connectivity index (χ1v) is 11.4. The molecule has 0 N–H and O–H groups in total. The maximum absolute atomic E-state index is 11.9. The highest BCUT2D eigenvalue weighted by atomic mass is 35.5. The molecule has 0 aromatic heterocycles. The molecular weight excluding hydrogens is 464 g/mol. The summed E-state index contributed by atoms with van der Waals surface area (Å²) in [7, 11) is 4.73. The van der Waals surface area contributed by atoms with Gasteiger partial charge in [-0.2, -0.15) is 0 Å². The first-order valence-electron chi connectivity index (χ1n) is 10.2. The Hall–Kier alpha value is -3.10. The number of hydrogen-bond donors (Lipinski definition) is 0. The summed E-state index contributed by atoms with van der Waals surface area (Å²) in [5.41, 5.74) is 2.59. The van der Waals surface area contributed by atoms with Crippen molar-refractivity contribution in [3.63, 3.8) is 0 Å². The molecule has 0 bridgehead atoms. The molecule has 172 valence electrons. The minimum atomic E-state index is -0.301. The summed E-state index contributed by atoms with van der Waals surface area (Å²) in [5.74, 6) is 1.31. The first kappa shape index (κ1) is 23.1. The Labute approximate surface area is 201 Å².